The Balaban J connectivity index is 2.23. The van der Waals surface area contributed by atoms with Gasteiger partial charge in [-0.1, -0.05) is 12.0 Å². The first kappa shape index (κ1) is 15.7. The fourth-order valence-electron chi connectivity index (χ4n) is 2.03. The molecule has 0 saturated carbocycles. The standard InChI is InChI=1S/C19H20NO2/c1-4-14-22-18-12-10-16(15-19(18)21-5-2)9-11-17-8-6-7-13-20(17)3/h1,6-13,15H,5,14H2,2-3H3/q+1/b11-9+. The lowest BCUT2D eigenvalue weighted by Gasteiger charge is -2.10. The van der Waals surface area contributed by atoms with E-state index in [0.29, 0.717) is 18.1 Å². The van der Waals surface area contributed by atoms with Gasteiger partial charge in [-0.2, -0.15) is 0 Å². The first-order valence-corrected chi connectivity index (χ1v) is 7.20. The fourth-order valence-corrected chi connectivity index (χ4v) is 2.03. The van der Waals surface area contributed by atoms with Gasteiger partial charge in [-0.15, -0.1) is 6.42 Å². The topological polar surface area (TPSA) is 22.3 Å². The molecule has 0 radical (unpaired) electrons. The minimum absolute atomic E-state index is 0.231. The Kier molecular flexibility index (Phi) is 5.62. The van der Waals surface area contributed by atoms with Crippen LogP contribution in [0.4, 0.5) is 0 Å². The first-order valence-electron chi connectivity index (χ1n) is 7.20. The van der Waals surface area contributed by atoms with Crippen LogP contribution >= 0.6 is 0 Å². The lowest BCUT2D eigenvalue weighted by Crippen LogP contribution is -2.30. The maximum Gasteiger partial charge on any atom is 0.204 e. The van der Waals surface area contributed by atoms with Crippen molar-refractivity contribution in [2.24, 2.45) is 7.05 Å². The number of pyridine rings is 1. The number of hydrogen-bond donors (Lipinski definition) is 0. The van der Waals surface area contributed by atoms with E-state index in [-0.39, 0.29) is 6.61 Å². The summed E-state index contributed by atoms with van der Waals surface area (Å²) in [5.41, 5.74) is 2.16. The third kappa shape index (κ3) is 4.13. The lowest BCUT2D eigenvalue weighted by molar-refractivity contribution is -0.673. The van der Waals surface area contributed by atoms with Crippen LogP contribution in [0, 0.1) is 12.3 Å². The Morgan fingerprint density at radius 1 is 1.14 bits per heavy atom. The molecule has 1 heterocycles. The van der Waals surface area contributed by atoms with Crippen LogP contribution in [0.5, 0.6) is 11.5 Å². The molecule has 0 aliphatic heterocycles. The number of ether oxygens (including phenoxy) is 2. The molecular formula is C19H20NO2+. The van der Waals surface area contributed by atoms with Gasteiger partial charge >= 0.3 is 0 Å². The molecule has 0 aliphatic carbocycles. The monoisotopic (exact) mass is 294 g/mol. The highest BCUT2D eigenvalue weighted by Gasteiger charge is 2.06. The molecule has 1 aromatic carbocycles. The molecule has 0 amide bonds. The molecule has 0 atom stereocenters. The third-order valence-corrected chi connectivity index (χ3v) is 3.12. The predicted molar refractivity (Wildman–Crippen MR) is 88.5 cm³/mol. The Labute approximate surface area is 131 Å². The molecule has 2 aromatic rings. The molecule has 0 saturated heterocycles. The van der Waals surface area contributed by atoms with Gasteiger partial charge < -0.3 is 9.47 Å². The van der Waals surface area contributed by atoms with E-state index in [4.69, 9.17) is 15.9 Å². The number of aryl methyl sites for hydroxylation is 1. The van der Waals surface area contributed by atoms with Crippen molar-refractivity contribution in [3.8, 4) is 23.8 Å². The fraction of sp³-hybridized carbons (Fsp3) is 0.211. The van der Waals surface area contributed by atoms with Crippen molar-refractivity contribution in [3.63, 3.8) is 0 Å². The van der Waals surface area contributed by atoms with Crippen LogP contribution < -0.4 is 14.0 Å². The number of benzene rings is 1. The van der Waals surface area contributed by atoms with Crippen LogP contribution in [0.15, 0.2) is 42.6 Å². The second kappa shape index (κ2) is 7.90. The summed E-state index contributed by atoms with van der Waals surface area (Å²) in [6, 6.07) is 11.9. The Hall–Kier alpha value is -2.73. The lowest BCUT2D eigenvalue weighted by atomic mass is 10.1. The molecule has 0 bridgehead atoms. The molecule has 3 heteroatoms. The zero-order valence-corrected chi connectivity index (χ0v) is 13.0. The van der Waals surface area contributed by atoms with E-state index < -0.39 is 0 Å². The molecule has 2 rings (SSSR count). The van der Waals surface area contributed by atoms with Crippen LogP contribution in [0.25, 0.3) is 12.2 Å². The van der Waals surface area contributed by atoms with Crippen LogP contribution in [0.2, 0.25) is 0 Å². The minimum Gasteiger partial charge on any atom is -0.490 e. The van der Waals surface area contributed by atoms with Gasteiger partial charge in [0.2, 0.25) is 5.69 Å². The molecule has 0 fully saturated rings. The minimum atomic E-state index is 0.231. The van der Waals surface area contributed by atoms with Gasteiger partial charge in [0.05, 0.1) is 6.61 Å². The van der Waals surface area contributed by atoms with Crippen LogP contribution in [0.3, 0.4) is 0 Å². The summed E-state index contributed by atoms with van der Waals surface area (Å²) in [6.45, 7) is 2.75. The average molecular weight is 294 g/mol. The van der Waals surface area contributed by atoms with E-state index in [9.17, 15) is 0 Å². The van der Waals surface area contributed by atoms with E-state index in [1.165, 1.54) is 0 Å². The molecule has 0 spiro atoms. The van der Waals surface area contributed by atoms with Crippen molar-refractivity contribution < 1.29 is 14.0 Å². The summed E-state index contributed by atoms with van der Waals surface area (Å²) < 4.78 is 13.2. The summed E-state index contributed by atoms with van der Waals surface area (Å²) >= 11 is 0. The van der Waals surface area contributed by atoms with Crippen molar-refractivity contribution >= 4 is 12.2 Å². The Morgan fingerprint density at radius 3 is 2.73 bits per heavy atom. The highest BCUT2D eigenvalue weighted by atomic mass is 16.5. The smallest absolute Gasteiger partial charge is 0.204 e. The molecule has 0 N–H and O–H groups in total. The van der Waals surface area contributed by atoms with Gasteiger partial charge in [0.1, 0.15) is 13.7 Å². The van der Waals surface area contributed by atoms with E-state index in [1.807, 2.05) is 56.6 Å². The van der Waals surface area contributed by atoms with Crippen molar-refractivity contribution in [3.05, 3.63) is 53.9 Å². The van der Waals surface area contributed by atoms with Crippen molar-refractivity contribution in [1.29, 1.82) is 0 Å². The van der Waals surface area contributed by atoms with Crippen molar-refractivity contribution in [2.75, 3.05) is 13.2 Å². The average Bonchev–Trinajstić information content (AvgIpc) is 2.53. The third-order valence-electron chi connectivity index (χ3n) is 3.12. The second-order valence-corrected chi connectivity index (χ2v) is 4.70. The predicted octanol–water partition coefficient (Wildman–Crippen LogP) is 3.09. The van der Waals surface area contributed by atoms with Gasteiger partial charge in [-0.05, 0) is 36.8 Å². The largest absolute Gasteiger partial charge is 0.490 e. The van der Waals surface area contributed by atoms with Crippen LogP contribution in [-0.4, -0.2) is 13.2 Å². The normalized spacial score (nSPS) is 10.4. The molecule has 3 nitrogen and oxygen atoms in total. The van der Waals surface area contributed by atoms with Gasteiger partial charge in [0.25, 0.3) is 0 Å². The number of hydrogen-bond acceptors (Lipinski definition) is 2. The van der Waals surface area contributed by atoms with Crippen molar-refractivity contribution in [2.45, 2.75) is 6.92 Å². The van der Waals surface area contributed by atoms with Gasteiger partial charge in [-0.25, -0.2) is 4.57 Å². The first-order chi connectivity index (χ1) is 10.7. The number of terminal acetylenes is 1. The molecule has 22 heavy (non-hydrogen) atoms. The number of nitrogens with zero attached hydrogens (tertiary/aromatic N) is 1. The Bertz CT molecular complexity index is 699. The Morgan fingerprint density at radius 2 is 2.00 bits per heavy atom. The van der Waals surface area contributed by atoms with E-state index in [2.05, 4.69) is 22.6 Å². The van der Waals surface area contributed by atoms with E-state index >= 15 is 0 Å². The molecular weight excluding hydrogens is 274 g/mol. The number of rotatable bonds is 6. The van der Waals surface area contributed by atoms with Gasteiger partial charge in [0.15, 0.2) is 17.7 Å². The maximum absolute atomic E-state index is 5.62. The summed E-state index contributed by atoms with van der Waals surface area (Å²) in [6.07, 6.45) is 11.4. The summed E-state index contributed by atoms with van der Waals surface area (Å²) in [4.78, 5) is 0. The second-order valence-electron chi connectivity index (χ2n) is 4.70. The van der Waals surface area contributed by atoms with Crippen molar-refractivity contribution in [1.82, 2.24) is 0 Å². The summed E-state index contributed by atoms with van der Waals surface area (Å²) in [5.74, 6) is 3.83. The van der Waals surface area contributed by atoms with E-state index in [1.54, 1.807) is 0 Å². The van der Waals surface area contributed by atoms with Crippen LogP contribution in [0.1, 0.15) is 18.2 Å². The summed E-state index contributed by atoms with van der Waals surface area (Å²) in [7, 11) is 2.02. The van der Waals surface area contributed by atoms with Gasteiger partial charge in [-0.3, -0.25) is 0 Å². The molecule has 0 aliphatic rings. The molecule has 112 valence electrons. The maximum atomic E-state index is 5.62. The highest BCUT2D eigenvalue weighted by Crippen LogP contribution is 2.29. The van der Waals surface area contributed by atoms with Crippen LogP contribution in [-0.2, 0) is 7.05 Å². The summed E-state index contributed by atoms with van der Waals surface area (Å²) in [5, 5.41) is 0. The van der Waals surface area contributed by atoms with E-state index in [0.717, 1.165) is 11.3 Å². The molecule has 1 aromatic heterocycles. The number of aromatic nitrogens is 1. The zero-order valence-electron chi connectivity index (χ0n) is 13.0. The van der Waals surface area contributed by atoms with Gasteiger partial charge in [0, 0.05) is 18.2 Å². The molecule has 0 unspecified atom stereocenters. The SMILES string of the molecule is C#CCOc1ccc(/C=C/c2cccc[n+]2C)cc1OCC. The quantitative estimate of drug-likeness (QED) is 0.603. The highest BCUT2D eigenvalue weighted by molar-refractivity contribution is 5.68. The zero-order chi connectivity index (χ0) is 15.8.